The zero-order chi connectivity index (χ0) is 13.9. The number of hydrogen-bond donors (Lipinski definition) is 1. The molecule has 0 amide bonds. The van der Waals surface area contributed by atoms with Crippen molar-refractivity contribution in [3.05, 3.63) is 18.7 Å². The first kappa shape index (κ1) is 15.7. The molecule has 0 bridgehead atoms. The zero-order valence-electron chi connectivity index (χ0n) is 11.8. The van der Waals surface area contributed by atoms with Gasteiger partial charge in [0.1, 0.15) is 0 Å². The Kier molecular flexibility index (Phi) is 7.89. The number of aryl methyl sites for hydroxylation is 1. The number of carbonyl (C=O) groups is 1. The molecule has 1 rings (SSSR count). The SMILES string of the molecule is CCOC(=O)C(CCCCN)CCCn1ccnc1. The predicted molar refractivity (Wildman–Crippen MR) is 74.5 cm³/mol. The van der Waals surface area contributed by atoms with Gasteiger partial charge >= 0.3 is 5.97 Å². The van der Waals surface area contributed by atoms with Crippen LogP contribution in [0.2, 0.25) is 0 Å². The fraction of sp³-hybridized carbons (Fsp3) is 0.714. The Morgan fingerprint density at radius 2 is 2.16 bits per heavy atom. The van der Waals surface area contributed by atoms with E-state index in [1.165, 1.54) is 0 Å². The van der Waals surface area contributed by atoms with E-state index in [9.17, 15) is 4.79 Å². The van der Waals surface area contributed by atoms with Crippen molar-refractivity contribution < 1.29 is 9.53 Å². The first-order valence-corrected chi connectivity index (χ1v) is 7.10. The van der Waals surface area contributed by atoms with Crippen LogP contribution in [0.4, 0.5) is 0 Å². The summed E-state index contributed by atoms with van der Waals surface area (Å²) >= 11 is 0. The van der Waals surface area contributed by atoms with E-state index in [0.717, 1.165) is 38.6 Å². The van der Waals surface area contributed by atoms with Crippen molar-refractivity contribution >= 4 is 5.97 Å². The number of ether oxygens (including phenoxy) is 1. The number of nitrogens with zero attached hydrogens (tertiary/aromatic N) is 2. The predicted octanol–water partition coefficient (Wildman–Crippen LogP) is 1.97. The third-order valence-corrected chi connectivity index (χ3v) is 3.15. The van der Waals surface area contributed by atoms with Crippen LogP contribution >= 0.6 is 0 Å². The van der Waals surface area contributed by atoms with Crippen LogP contribution < -0.4 is 5.73 Å². The number of esters is 1. The molecule has 0 aliphatic rings. The molecule has 5 nitrogen and oxygen atoms in total. The van der Waals surface area contributed by atoms with Crippen molar-refractivity contribution in [3.63, 3.8) is 0 Å². The van der Waals surface area contributed by atoms with E-state index < -0.39 is 0 Å². The van der Waals surface area contributed by atoms with Gasteiger partial charge in [-0.25, -0.2) is 4.98 Å². The van der Waals surface area contributed by atoms with Crippen molar-refractivity contribution in [1.82, 2.24) is 9.55 Å². The molecular weight excluding hydrogens is 242 g/mol. The summed E-state index contributed by atoms with van der Waals surface area (Å²) in [6, 6.07) is 0. The number of carbonyl (C=O) groups excluding carboxylic acids is 1. The molecular formula is C14H25N3O2. The fourth-order valence-corrected chi connectivity index (χ4v) is 2.11. The molecule has 0 aliphatic heterocycles. The minimum absolute atomic E-state index is 0.00928. The lowest BCUT2D eigenvalue weighted by atomic mass is 9.96. The van der Waals surface area contributed by atoms with Crippen molar-refractivity contribution in [1.29, 1.82) is 0 Å². The minimum atomic E-state index is -0.0647. The lowest BCUT2D eigenvalue weighted by molar-refractivity contribution is -0.148. The summed E-state index contributed by atoms with van der Waals surface area (Å²) in [5, 5.41) is 0. The van der Waals surface area contributed by atoms with Crippen molar-refractivity contribution in [3.8, 4) is 0 Å². The van der Waals surface area contributed by atoms with Gasteiger partial charge < -0.3 is 15.0 Å². The molecule has 0 spiro atoms. The Bertz CT molecular complexity index is 338. The van der Waals surface area contributed by atoms with Crippen LogP contribution in [0.15, 0.2) is 18.7 Å². The van der Waals surface area contributed by atoms with Crippen LogP contribution in [0.3, 0.4) is 0 Å². The monoisotopic (exact) mass is 267 g/mol. The van der Waals surface area contributed by atoms with Gasteiger partial charge in [0.2, 0.25) is 0 Å². The van der Waals surface area contributed by atoms with Crippen LogP contribution in [-0.4, -0.2) is 28.7 Å². The summed E-state index contributed by atoms with van der Waals surface area (Å²) < 4.78 is 7.16. The maximum Gasteiger partial charge on any atom is 0.308 e. The quantitative estimate of drug-likeness (QED) is 0.520. The summed E-state index contributed by atoms with van der Waals surface area (Å²) in [4.78, 5) is 15.9. The highest BCUT2D eigenvalue weighted by Crippen LogP contribution is 2.17. The second-order valence-electron chi connectivity index (χ2n) is 4.68. The highest BCUT2D eigenvalue weighted by molar-refractivity contribution is 5.72. The van der Waals surface area contributed by atoms with Gasteiger partial charge in [0.15, 0.2) is 0 Å². The normalized spacial score (nSPS) is 12.3. The van der Waals surface area contributed by atoms with Gasteiger partial charge in [-0.15, -0.1) is 0 Å². The number of nitrogens with two attached hydrogens (primary N) is 1. The standard InChI is InChI=1S/C14H25N3O2/c1-2-19-14(18)13(6-3-4-8-15)7-5-10-17-11-9-16-12-17/h9,11-13H,2-8,10,15H2,1H3. The fourth-order valence-electron chi connectivity index (χ4n) is 2.11. The van der Waals surface area contributed by atoms with Gasteiger partial charge in [-0.05, 0) is 39.2 Å². The first-order chi connectivity index (χ1) is 9.27. The summed E-state index contributed by atoms with van der Waals surface area (Å²) in [6.07, 6.45) is 10.2. The lowest BCUT2D eigenvalue weighted by Crippen LogP contribution is -2.19. The Morgan fingerprint density at radius 1 is 1.37 bits per heavy atom. The van der Waals surface area contributed by atoms with Gasteiger partial charge in [-0.3, -0.25) is 4.79 Å². The number of unbranched alkanes of at least 4 members (excludes halogenated alkanes) is 1. The third kappa shape index (κ3) is 6.38. The molecule has 2 N–H and O–H groups in total. The Hall–Kier alpha value is -1.36. The molecule has 1 aromatic heterocycles. The lowest BCUT2D eigenvalue weighted by Gasteiger charge is -2.15. The maximum absolute atomic E-state index is 11.9. The second-order valence-corrected chi connectivity index (χ2v) is 4.68. The largest absolute Gasteiger partial charge is 0.466 e. The average Bonchev–Trinajstić information content (AvgIpc) is 2.90. The van der Waals surface area contributed by atoms with E-state index in [1.54, 1.807) is 12.5 Å². The second kappa shape index (κ2) is 9.55. The van der Waals surface area contributed by atoms with Crippen molar-refractivity contribution in [2.75, 3.05) is 13.2 Å². The van der Waals surface area contributed by atoms with E-state index in [-0.39, 0.29) is 11.9 Å². The zero-order valence-corrected chi connectivity index (χ0v) is 11.8. The molecule has 5 heteroatoms. The van der Waals surface area contributed by atoms with Crippen molar-refractivity contribution in [2.24, 2.45) is 11.7 Å². The van der Waals surface area contributed by atoms with Crippen LogP contribution in [0.25, 0.3) is 0 Å². The molecule has 1 aromatic rings. The summed E-state index contributed by atoms with van der Waals surface area (Å²) in [7, 11) is 0. The average molecular weight is 267 g/mol. The number of imidazole rings is 1. The van der Waals surface area contributed by atoms with E-state index >= 15 is 0 Å². The van der Waals surface area contributed by atoms with Crippen molar-refractivity contribution in [2.45, 2.75) is 45.6 Å². The van der Waals surface area contributed by atoms with E-state index in [2.05, 4.69) is 4.98 Å². The molecule has 19 heavy (non-hydrogen) atoms. The minimum Gasteiger partial charge on any atom is -0.466 e. The molecule has 0 saturated heterocycles. The van der Waals surface area contributed by atoms with E-state index in [4.69, 9.17) is 10.5 Å². The van der Waals surface area contributed by atoms with Crippen LogP contribution in [0, 0.1) is 5.92 Å². The topological polar surface area (TPSA) is 70.1 Å². The van der Waals surface area contributed by atoms with Crippen LogP contribution in [0.1, 0.15) is 39.0 Å². The third-order valence-electron chi connectivity index (χ3n) is 3.15. The summed E-state index contributed by atoms with van der Waals surface area (Å²) in [5.74, 6) is -0.0554. The molecule has 0 fully saturated rings. The maximum atomic E-state index is 11.9. The number of hydrogen-bond acceptors (Lipinski definition) is 4. The Morgan fingerprint density at radius 3 is 2.79 bits per heavy atom. The van der Waals surface area contributed by atoms with Gasteiger partial charge in [0.05, 0.1) is 18.9 Å². The molecule has 0 saturated carbocycles. The van der Waals surface area contributed by atoms with E-state index in [1.807, 2.05) is 17.7 Å². The molecule has 0 radical (unpaired) electrons. The Labute approximate surface area is 115 Å². The molecule has 0 aliphatic carbocycles. The smallest absolute Gasteiger partial charge is 0.308 e. The summed E-state index contributed by atoms with van der Waals surface area (Å²) in [5.41, 5.74) is 5.49. The number of aromatic nitrogens is 2. The van der Waals surface area contributed by atoms with Crippen LogP contribution in [-0.2, 0) is 16.1 Å². The molecule has 108 valence electrons. The van der Waals surface area contributed by atoms with E-state index in [0.29, 0.717) is 13.2 Å². The van der Waals surface area contributed by atoms with Gasteiger partial charge in [-0.2, -0.15) is 0 Å². The van der Waals surface area contributed by atoms with Gasteiger partial charge in [-0.1, -0.05) is 6.42 Å². The highest BCUT2D eigenvalue weighted by Gasteiger charge is 2.18. The molecule has 1 unspecified atom stereocenters. The first-order valence-electron chi connectivity index (χ1n) is 7.10. The van der Waals surface area contributed by atoms with Gasteiger partial charge in [0.25, 0.3) is 0 Å². The highest BCUT2D eigenvalue weighted by atomic mass is 16.5. The van der Waals surface area contributed by atoms with Gasteiger partial charge in [0, 0.05) is 18.9 Å². The molecule has 1 heterocycles. The molecule has 0 aromatic carbocycles. The summed E-state index contributed by atoms with van der Waals surface area (Å²) in [6.45, 7) is 3.88. The molecule has 1 atom stereocenters. The Balaban J connectivity index is 2.32. The van der Waals surface area contributed by atoms with Crippen LogP contribution in [0.5, 0.6) is 0 Å². The number of rotatable bonds is 10.